The van der Waals surface area contributed by atoms with Gasteiger partial charge in [-0.15, -0.1) is 11.3 Å². The fourth-order valence-electron chi connectivity index (χ4n) is 0.924. The van der Waals surface area contributed by atoms with Crippen LogP contribution in [0, 0.1) is 0 Å². The van der Waals surface area contributed by atoms with Crippen LogP contribution in [0.1, 0.15) is 18.7 Å². The highest BCUT2D eigenvalue weighted by molar-refractivity contribution is 9.10. The summed E-state index contributed by atoms with van der Waals surface area (Å²) in [6.07, 6.45) is 4.19. The summed E-state index contributed by atoms with van der Waals surface area (Å²) in [7, 11) is 0. The highest BCUT2D eigenvalue weighted by Gasteiger charge is 2.00. The number of rotatable bonds is 4. The molecule has 0 fully saturated rings. The minimum atomic E-state index is 0.526. The van der Waals surface area contributed by atoms with Gasteiger partial charge in [0.15, 0.2) is 0 Å². The van der Waals surface area contributed by atoms with Crippen LogP contribution < -0.4 is 5.32 Å². The summed E-state index contributed by atoms with van der Waals surface area (Å²) in [5.74, 6) is 0. The van der Waals surface area contributed by atoms with Gasteiger partial charge in [0.05, 0.1) is 0 Å². The van der Waals surface area contributed by atoms with Gasteiger partial charge in [-0.3, -0.25) is 0 Å². The molecule has 1 aromatic heterocycles. The second-order valence-electron chi connectivity index (χ2n) is 3.24. The zero-order chi connectivity index (χ0) is 10.6. The van der Waals surface area contributed by atoms with Gasteiger partial charge in [-0.25, -0.2) is 0 Å². The predicted molar refractivity (Wildman–Crippen MR) is 69.2 cm³/mol. The van der Waals surface area contributed by atoms with Crippen molar-refractivity contribution in [2.45, 2.75) is 19.9 Å². The lowest BCUT2D eigenvalue weighted by Gasteiger charge is -2.02. The van der Waals surface area contributed by atoms with E-state index in [9.17, 15) is 0 Å². The minimum Gasteiger partial charge on any atom is -0.311 e. The van der Waals surface area contributed by atoms with Crippen LogP contribution in [0.4, 0.5) is 0 Å². The van der Waals surface area contributed by atoms with Crippen molar-refractivity contribution in [1.29, 1.82) is 0 Å². The zero-order valence-corrected chi connectivity index (χ0v) is 11.3. The van der Waals surface area contributed by atoms with E-state index in [0.717, 1.165) is 15.4 Å². The molecule has 1 N–H and O–H groups in total. The summed E-state index contributed by atoms with van der Waals surface area (Å²) in [6.45, 7) is 5.16. The number of hydrogen-bond donors (Lipinski definition) is 1. The van der Waals surface area contributed by atoms with Crippen molar-refractivity contribution in [3.05, 3.63) is 25.8 Å². The average Bonchev–Trinajstić information content (AvgIpc) is 2.40. The second kappa shape index (κ2) is 5.91. The third kappa shape index (κ3) is 4.13. The molecule has 0 aliphatic heterocycles. The minimum absolute atomic E-state index is 0.526. The van der Waals surface area contributed by atoms with Gasteiger partial charge in [-0.05, 0) is 28.1 Å². The number of hydrogen-bond acceptors (Lipinski definition) is 2. The van der Waals surface area contributed by atoms with Gasteiger partial charge in [0.1, 0.15) is 4.34 Å². The van der Waals surface area contributed by atoms with Crippen molar-refractivity contribution >= 4 is 44.9 Å². The maximum absolute atomic E-state index is 5.91. The molecule has 0 amide bonds. The molecular formula is C10H13BrClNS. The molecular weight excluding hydrogens is 282 g/mol. The lowest BCUT2D eigenvalue weighted by atomic mass is 10.3. The van der Waals surface area contributed by atoms with Crippen molar-refractivity contribution in [1.82, 2.24) is 5.32 Å². The number of nitrogens with one attached hydrogen (secondary N) is 1. The molecule has 1 nitrogen and oxygen atoms in total. The first-order chi connectivity index (χ1) is 6.59. The van der Waals surface area contributed by atoms with E-state index in [2.05, 4.69) is 47.2 Å². The quantitative estimate of drug-likeness (QED) is 0.878. The van der Waals surface area contributed by atoms with E-state index < -0.39 is 0 Å². The largest absolute Gasteiger partial charge is 0.311 e. The molecule has 0 saturated heterocycles. The lowest BCUT2D eigenvalue weighted by molar-refractivity contribution is 0.633. The Hall–Kier alpha value is 0.170. The molecule has 0 atom stereocenters. The van der Waals surface area contributed by atoms with E-state index in [4.69, 9.17) is 11.6 Å². The van der Waals surface area contributed by atoms with Crippen molar-refractivity contribution in [3.63, 3.8) is 0 Å². The van der Waals surface area contributed by atoms with Gasteiger partial charge < -0.3 is 5.32 Å². The third-order valence-corrected chi connectivity index (χ3v) is 4.03. The highest BCUT2D eigenvalue weighted by atomic mass is 79.9. The van der Waals surface area contributed by atoms with Gasteiger partial charge in [0, 0.05) is 21.9 Å². The number of halogens is 2. The van der Waals surface area contributed by atoms with Crippen LogP contribution >= 0.6 is 38.9 Å². The van der Waals surface area contributed by atoms with Crippen LogP contribution in [-0.2, 0) is 0 Å². The maximum atomic E-state index is 5.91. The van der Waals surface area contributed by atoms with Crippen LogP contribution in [0.15, 0.2) is 16.6 Å². The summed E-state index contributed by atoms with van der Waals surface area (Å²) < 4.78 is 1.78. The van der Waals surface area contributed by atoms with E-state index in [1.165, 1.54) is 4.88 Å². The van der Waals surface area contributed by atoms with Gasteiger partial charge in [-0.2, -0.15) is 0 Å². The Kier molecular flexibility index (Phi) is 5.17. The monoisotopic (exact) mass is 293 g/mol. The molecule has 1 heterocycles. The van der Waals surface area contributed by atoms with E-state index in [-0.39, 0.29) is 0 Å². The molecule has 78 valence electrons. The standard InChI is InChI=1S/C10H13BrClNS/c1-7(2)13-5-3-4-8-6-9(11)10(12)14-8/h3-4,6-7,13H,5H2,1-2H3/b4-3+. The van der Waals surface area contributed by atoms with E-state index in [1.807, 2.05) is 6.07 Å². The molecule has 0 aliphatic carbocycles. The fraction of sp³-hybridized carbons (Fsp3) is 0.400. The van der Waals surface area contributed by atoms with E-state index >= 15 is 0 Å². The predicted octanol–water partition coefficient (Wildman–Crippen LogP) is 4.18. The molecule has 0 bridgehead atoms. The molecule has 0 aliphatic rings. The fourth-order valence-corrected chi connectivity index (χ4v) is 2.59. The summed E-state index contributed by atoms with van der Waals surface area (Å²) in [4.78, 5) is 1.17. The van der Waals surface area contributed by atoms with Crippen LogP contribution in [0.5, 0.6) is 0 Å². The van der Waals surface area contributed by atoms with Crippen molar-refractivity contribution in [2.24, 2.45) is 0 Å². The van der Waals surface area contributed by atoms with Crippen LogP contribution in [0.3, 0.4) is 0 Å². The molecule has 0 saturated carbocycles. The smallest absolute Gasteiger partial charge is 0.108 e. The molecule has 0 unspecified atom stereocenters. The van der Waals surface area contributed by atoms with Crippen LogP contribution in [0.2, 0.25) is 4.34 Å². The molecule has 0 radical (unpaired) electrons. The molecule has 1 rings (SSSR count). The van der Waals surface area contributed by atoms with Gasteiger partial charge >= 0.3 is 0 Å². The third-order valence-electron chi connectivity index (χ3n) is 1.59. The Balaban J connectivity index is 2.44. The summed E-state index contributed by atoms with van der Waals surface area (Å²) in [5.41, 5.74) is 0. The average molecular weight is 295 g/mol. The summed E-state index contributed by atoms with van der Waals surface area (Å²) >= 11 is 10.9. The first-order valence-electron chi connectivity index (χ1n) is 4.44. The summed E-state index contributed by atoms with van der Waals surface area (Å²) in [6, 6.07) is 2.55. The van der Waals surface area contributed by atoms with Crippen LogP contribution in [0.25, 0.3) is 6.08 Å². The molecule has 0 aromatic carbocycles. The highest BCUT2D eigenvalue weighted by Crippen LogP contribution is 2.32. The van der Waals surface area contributed by atoms with Gasteiger partial charge in [0.25, 0.3) is 0 Å². The maximum Gasteiger partial charge on any atom is 0.108 e. The Labute approximate surface area is 102 Å². The molecule has 4 heteroatoms. The van der Waals surface area contributed by atoms with Crippen molar-refractivity contribution in [2.75, 3.05) is 6.54 Å². The SMILES string of the molecule is CC(C)NC/C=C/c1cc(Br)c(Cl)s1. The van der Waals surface area contributed by atoms with E-state index in [1.54, 1.807) is 11.3 Å². The molecule has 14 heavy (non-hydrogen) atoms. The lowest BCUT2D eigenvalue weighted by Crippen LogP contribution is -2.22. The Morgan fingerprint density at radius 1 is 1.64 bits per heavy atom. The zero-order valence-electron chi connectivity index (χ0n) is 8.18. The van der Waals surface area contributed by atoms with E-state index in [0.29, 0.717) is 6.04 Å². The van der Waals surface area contributed by atoms with Gasteiger partial charge in [0.2, 0.25) is 0 Å². The Bertz CT molecular complexity index is 300. The normalized spacial score (nSPS) is 11.8. The topological polar surface area (TPSA) is 12.0 Å². The van der Waals surface area contributed by atoms with Gasteiger partial charge in [-0.1, -0.05) is 31.5 Å². The van der Waals surface area contributed by atoms with Crippen molar-refractivity contribution < 1.29 is 0 Å². The number of thiophene rings is 1. The summed E-state index contributed by atoms with van der Waals surface area (Å²) in [5, 5.41) is 3.31. The Morgan fingerprint density at radius 2 is 2.36 bits per heavy atom. The molecule has 1 aromatic rings. The molecule has 0 spiro atoms. The first-order valence-corrected chi connectivity index (χ1v) is 6.43. The second-order valence-corrected chi connectivity index (χ2v) is 5.78. The van der Waals surface area contributed by atoms with Crippen molar-refractivity contribution in [3.8, 4) is 0 Å². The first kappa shape index (κ1) is 12.2. The van der Waals surface area contributed by atoms with Crippen LogP contribution in [-0.4, -0.2) is 12.6 Å². The Morgan fingerprint density at radius 3 is 2.86 bits per heavy atom.